The molecule has 6 nitrogen and oxygen atoms in total. The highest BCUT2D eigenvalue weighted by Crippen LogP contribution is 2.33. The Kier molecular flexibility index (Phi) is 7.54. The molecule has 116 valence electrons. The average Bonchev–Trinajstić information content (AvgIpc) is 2.91. The van der Waals surface area contributed by atoms with E-state index in [0.717, 1.165) is 12.8 Å². The standard InChI is InChI=1S/C14H25NO5/c1-19-9-4-7-15(8-10-20-2)13(16)11-5-3-6-12(11)14(17)18/h11-12H,3-10H2,1-2H3,(H,17,18)/t11-,12+/m1/s1. The number of nitrogens with zero attached hydrogens (tertiary/aromatic N) is 1. The van der Waals surface area contributed by atoms with E-state index in [0.29, 0.717) is 39.1 Å². The number of ether oxygens (including phenoxy) is 2. The first-order valence-corrected chi connectivity index (χ1v) is 7.11. The van der Waals surface area contributed by atoms with Gasteiger partial charge in [-0.2, -0.15) is 0 Å². The Labute approximate surface area is 120 Å². The van der Waals surface area contributed by atoms with Crippen LogP contribution in [0.3, 0.4) is 0 Å². The van der Waals surface area contributed by atoms with E-state index in [9.17, 15) is 14.7 Å². The van der Waals surface area contributed by atoms with Crippen LogP contribution in [-0.4, -0.2) is 62.4 Å². The number of hydrogen-bond donors (Lipinski definition) is 1. The number of methoxy groups -OCH3 is 2. The van der Waals surface area contributed by atoms with Crippen LogP contribution >= 0.6 is 0 Å². The number of carboxylic acid groups (broad SMARTS) is 1. The van der Waals surface area contributed by atoms with Crippen molar-refractivity contribution in [2.45, 2.75) is 25.7 Å². The van der Waals surface area contributed by atoms with Crippen molar-refractivity contribution in [2.75, 3.05) is 40.5 Å². The van der Waals surface area contributed by atoms with Gasteiger partial charge in [0.2, 0.25) is 5.91 Å². The van der Waals surface area contributed by atoms with Gasteiger partial charge in [0, 0.05) is 33.9 Å². The van der Waals surface area contributed by atoms with Crippen LogP contribution in [0.4, 0.5) is 0 Å². The fourth-order valence-corrected chi connectivity index (χ4v) is 2.72. The van der Waals surface area contributed by atoms with Crippen molar-refractivity contribution in [1.82, 2.24) is 4.90 Å². The van der Waals surface area contributed by atoms with Gasteiger partial charge < -0.3 is 19.5 Å². The van der Waals surface area contributed by atoms with E-state index in [2.05, 4.69) is 0 Å². The molecule has 1 fully saturated rings. The molecule has 1 rings (SSSR count). The molecule has 20 heavy (non-hydrogen) atoms. The van der Waals surface area contributed by atoms with E-state index in [4.69, 9.17) is 9.47 Å². The summed E-state index contributed by atoms with van der Waals surface area (Å²) in [5, 5.41) is 9.19. The molecule has 1 saturated carbocycles. The molecule has 0 bridgehead atoms. The van der Waals surface area contributed by atoms with Crippen molar-refractivity contribution in [1.29, 1.82) is 0 Å². The highest BCUT2D eigenvalue weighted by Gasteiger charge is 2.39. The van der Waals surface area contributed by atoms with Crippen molar-refractivity contribution < 1.29 is 24.2 Å². The smallest absolute Gasteiger partial charge is 0.307 e. The predicted octanol–water partition coefficient (Wildman–Crippen LogP) is 0.999. The summed E-state index contributed by atoms with van der Waals surface area (Å²) in [6.07, 6.45) is 2.82. The molecule has 0 aromatic heterocycles. The Morgan fingerprint density at radius 3 is 2.35 bits per heavy atom. The molecule has 1 N–H and O–H groups in total. The van der Waals surface area contributed by atoms with E-state index >= 15 is 0 Å². The number of aliphatic carboxylic acids is 1. The monoisotopic (exact) mass is 287 g/mol. The first-order chi connectivity index (χ1) is 9.61. The number of hydrogen-bond acceptors (Lipinski definition) is 4. The zero-order valence-electron chi connectivity index (χ0n) is 12.3. The molecule has 2 atom stereocenters. The van der Waals surface area contributed by atoms with Crippen molar-refractivity contribution in [3.8, 4) is 0 Å². The maximum Gasteiger partial charge on any atom is 0.307 e. The summed E-state index contributed by atoms with van der Waals surface area (Å²) < 4.78 is 10.0. The molecule has 6 heteroatoms. The number of rotatable bonds is 9. The van der Waals surface area contributed by atoms with E-state index in [1.165, 1.54) is 0 Å². The third-order valence-electron chi connectivity index (χ3n) is 3.80. The Morgan fingerprint density at radius 1 is 1.10 bits per heavy atom. The SMILES string of the molecule is COCCCN(CCOC)C(=O)[C@@H]1CCC[C@@H]1C(=O)O. The summed E-state index contributed by atoms with van der Waals surface area (Å²) >= 11 is 0. The summed E-state index contributed by atoms with van der Waals surface area (Å²) in [7, 11) is 3.21. The largest absolute Gasteiger partial charge is 0.481 e. The van der Waals surface area contributed by atoms with E-state index in [1.807, 2.05) is 0 Å². The zero-order chi connectivity index (χ0) is 15.0. The Bertz CT molecular complexity index is 321. The highest BCUT2D eigenvalue weighted by atomic mass is 16.5. The number of carboxylic acids is 1. The Morgan fingerprint density at radius 2 is 1.75 bits per heavy atom. The van der Waals surface area contributed by atoms with Crippen LogP contribution in [0.1, 0.15) is 25.7 Å². The van der Waals surface area contributed by atoms with Gasteiger partial charge in [-0.25, -0.2) is 0 Å². The van der Waals surface area contributed by atoms with E-state index in [1.54, 1.807) is 19.1 Å². The lowest BCUT2D eigenvalue weighted by molar-refractivity contribution is -0.149. The van der Waals surface area contributed by atoms with Crippen LogP contribution in [0.5, 0.6) is 0 Å². The van der Waals surface area contributed by atoms with E-state index in [-0.39, 0.29) is 11.8 Å². The lowest BCUT2D eigenvalue weighted by atomic mass is 9.94. The minimum Gasteiger partial charge on any atom is -0.481 e. The molecule has 0 saturated heterocycles. The molecule has 1 aliphatic rings. The van der Waals surface area contributed by atoms with Gasteiger partial charge in [0.25, 0.3) is 0 Å². The molecule has 0 aliphatic heterocycles. The third kappa shape index (κ3) is 4.76. The van der Waals surface area contributed by atoms with Gasteiger partial charge in [-0.05, 0) is 19.3 Å². The molecule has 0 aromatic carbocycles. The summed E-state index contributed by atoms with van der Waals surface area (Å²) in [5.41, 5.74) is 0. The van der Waals surface area contributed by atoms with Crippen molar-refractivity contribution in [2.24, 2.45) is 11.8 Å². The maximum absolute atomic E-state index is 12.5. The van der Waals surface area contributed by atoms with Crippen molar-refractivity contribution in [3.05, 3.63) is 0 Å². The molecule has 0 radical (unpaired) electrons. The summed E-state index contributed by atoms with van der Waals surface area (Å²) in [4.78, 5) is 25.4. The first kappa shape index (κ1) is 16.9. The van der Waals surface area contributed by atoms with Crippen LogP contribution in [0.25, 0.3) is 0 Å². The van der Waals surface area contributed by atoms with Crippen LogP contribution in [0, 0.1) is 11.8 Å². The van der Waals surface area contributed by atoms with Gasteiger partial charge in [0.05, 0.1) is 18.4 Å². The fraction of sp³-hybridized carbons (Fsp3) is 0.857. The molecule has 0 spiro atoms. The van der Waals surface area contributed by atoms with Gasteiger partial charge in [0.15, 0.2) is 0 Å². The summed E-state index contributed by atoms with van der Waals surface area (Å²) in [6.45, 7) is 2.13. The van der Waals surface area contributed by atoms with Gasteiger partial charge in [-0.15, -0.1) is 0 Å². The summed E-state index contributed by atoms with van der Waals surface area (Å²) in [6, 6.07) is 0. The maximum atomic E-state index is 12.5. The van der Waals surface area contributed by atoms with Gasteiger partial charge in [0.1, 0.15) is 0 Å². The normalized spacial score (nSPS) is 21.9. The molecular weight excluding hydrogens is 262 g/mol. The molecule has 0 heterocycles. The second-order valence-electron chi connectivity index (χ2n) is 5.15. The van der Waals surface area contributed by atoms with Crippen LogP contribution in [0.2, 0.25) is 0 Å². The first-order valence-electron chi connectivity index (χ1n) is 7.11. The third-order valence-corrected chi connectivity index (χ3v) is 3.80. The number of amides is 1. The fourth-order valence-electron chi connectivity index (χ4n) is 2.72. The molecule has 0 aromatic rings. The van der Waals surface area contributed by atoms with Crippen molar-refractivity contribution in [3.63, 3.8) is 0 Å². The lowest BCUT2D eigenvalue weighted by Crippen LogP contribution is -2.41. The lowest BCUT2D eigenvalue weighted by Gasteiger charge is -2.27. The van der Waals surface area contributed by atoms with Crippen LogP contribution < -0.4 is 0 Å². The zero-order valence-corrected chi connectivity index (χ0v) is 12.3. The molecule has 1 aliphatic carbocycles. The second-order valence-corrected chi connectivity index (χ2v) is 5.15. The second kappa shape index (κ2) is 8.92. The topological polar surface area (TPSA) is 76.1 Å². The minimum atomic E-state index is -0.857. The number of carbonyl (C=O) groups is 2. The highest BCUT2D eigenvalue weighted by molar-refractivity contribution is 5.85. The minimum absolute atomic E-state index is 0.0527. The summed E-state index contributed by atoms with van der Waals surface area (Å²) in [5.74, 6) is -1.82. The Balaban J connectivity index is 2.62. The van der Waals surface area contributed by atoms with Crippen molar-refractivity contribution >= 4 is 11.9 Å². The van der Waals surface area contributed by atoms with Gasteiger partial charge in [-0.1, -0.05) is 6.42 Å². The molecular formula is C14H25NO5. The van der Waals surface area contributed by atoms with Crippen LogP contribution in [-0.2, 0) is 19.1 Å². The molecule has 0 unspecified atom stereocenters. The molecule has 1 amide bonds. The van der Waals surface area contributed by atoms with E-state index < -0.39 is 11.9 Å². The number of carbonyl (C=O) groups excluding carboxylic acids is 1. The van der Waals surface area contributed by atoms with Crippen LogP contribution in [0.15, 0.2) is 0 Å². The quantitative estimate of drug-likeness (QED) is 0.640. The van der Waals surface area contributed by atoms with Gasteiger partial charge >= 0.3 is 5.97 Å². The average molecular weight is 287 g/mol. The Hall–Kier alpha value is -1.14. The van der Waals surface area contributed by atoms with Gasteiger partial charge in [-0.3, -0.25) is 9.59 Å². The predicted molar refractivity (Wildman–Crippen MR) is 73.4 cm³/mol.